The topological polar surface area (TPSA) is 29.1 Å². The standard InChI is InChI=1S/C24H30ClNO/c25-22-15-13-21(14-16-22)24(17-7-1-2-8-18-24)23(27)26-19-9-6-12-20-10-4-3-5-11-20/h3-5,10-11,13-16H,1-2,6-9,12,17-19H2,(H,26,27). The van der Waals surface area contributed by atoms with E-state index in [2.05, 4.69) is 29.6 Å². The molecular formula is C24H30ClNO. The van der Waals surface area contributed by atoms with Gasteiger partial charge in [-0.1, -0.05) is 79.7 Å². The molecule has 0 bridgehead atoms. The quantitative estimate of drug-likeness (QED) is 0.456. The minimum Gasteiger partial charge on any atom is -0.355 e. The van der Waals surface area contributed by atoms with E-state index in [0.29, 0.717) is 0 Å². The number of rotatable bonds is 7. The highest BCUT2D eigenvalue weighted by Gasteiger charge is 2.39. The van der Waals surface area contributed by atoms with E-state index >= 15 is 0 Å². The zero-order valence-electron chi connectivity index (χ0n) is 16.1. The zero-order chi connectivity index (χ0) is 19.0. The molecule has 0 unspecified atom stereocenters. The Balaban J connectivity index is 1.58. The number of carbonyl (C=O) groups excluding carboxylic acids is 1. The molecule has 0 aliphatic heterocycles. The summed E-state index contributed by atoms with van der Waals surface area (Å²) in [7, 11) is 0. The van der Waals surface area contributed by atoms with E-state index in [1.54, 1.807) is 0 Å². The van der Waals surface area contributed by atoms with Gasteiger partial charge in [0.1, 0.15) is 0 Å². The monoisotopic (exact) mass is 383 g/mol. The molecule has 1 aliphatic rings. The Morgan fingerprint density at radius 3 is 2.22 bits per heavy atom. The lowest BCUT2D eigenvalue weighted by Gasteiger charge is -2.32. The lowest BCUT2D eigenvalue weighted by atomic mass is 9.73. The average molecular weight is 384 g/mol. The number of halogens is 1. The van der Waals surface area contributed by atoms with Crippen LogP contribution in [0.2, 0.25) is 5.02 Å². The molecule has 0 aromatic heterocycles. The second-order valence-electron chi connectivity index (χ2n) is 7.70. The zero-order valence-corrected chi connectivity index (χ0v) is 16.8. The maximum Gasteiger partial charge on any atom is 0.230 e. The Morgan fingerprint density at radius 2 is 1.56 bits per heavy atom. The van der Waals surface area contributed by atoms with Crippen LogP contribution in [0.1, 0.15) is 62.5 Å². The van der Waals surface area contributed by atoms with E-state index in [0.717, 1.165) is 62.1 Å². The predicted molar refractivity (Wildman–Crippen MR) is 113 cm³/mol. The molecule has 0 radical (unpaired) electrons. The lowest BCUT2D eigenvalue weighted by Crippen LogP contribution is -2.44. The molecule has 0 saturated heterocycles. The molecular weight excluding hydrogens is 354 g/mol. The summed E-state index contributed by atoms with van der Waals surface area (Å²) in [5, 5.41) is 3.97. The van der Waals surface area contributed by atoms with Crippen molar-refractivity contribution in [2.75, 3.05) is 6.54 Å². The van der Waals surface area contributed by atoms with Crippen LogP contribution in [0.4, 0.5) is 0 Å². The van der Waals surface area contributed by atoms with E-state index < -0.39 is 0 Å². The fourth-order valence-corrected chi connectivity index (χ4v) is 4.34. The van der Waals surface area contributed by atoms with Crippen LogP contribution in [0.15, 0.2) is 54.6 Å². The highest BCUT2D eigenvalue weighted by Crippen LogP contribution is 2.39. The molecule has 1 aliphatic carbocycles. The molecule has 2 aromatic carbocycles. The number of hydrogen-bond donors (Lipinski definition) is 1. The fraction of sp³-hybridized carbons (Fsp3) is 0.458. The summed E-state index contributed by atoms with van der Waals surface area (Å²) in [6.07, 6.45) is 9.72. The van der Waals surface area contributed by atoms with Gasteiger partial charge in [-0.2, -0.15) is 0 Å². The molecule has 3 rings (SSSR count). The van der Waals surface area contributed by atoms with Crippen molar-refractivity contribution in [3.8, 4) is 0 Å². The normalized spacial score (nSPS) is 16.5. The van der Waals surface area contributed by atoms with Crippen LogP contribution in [0.5, 0.6) is 0 Å². The van der Waals surface area contributed by atoms with Gasteiger partial charge in [0.25, 0.3) is 0 Å². The second-order valence-corrected chi connectivity index (χ2v) is 8.14. The Bertz CT molecular complexity index is 703. The predicted octanol–water partition coefficient (Wildman–Crippen LogP) is 6.07. The van der Waals surface area contributed by atoms with Crippen molar-refractivity contribution in [2.24, 2.45) is 0 Å². The van der Waals surface area contributed by atoms with Crippen LogP contribution < -0.4 is 5.32 Å². The number of carbonyl (C=O) groups is 1. The first-order chi connectivity index (χ1) is 13.2. The summed E-state index contributed by atoms with van der Waals surface area (Å²) in [5.41, 5.74) is 2.10. The molecule has 0 spiro atoms. The van der Waals surface area contributed by atoms with Crippen molar-refractivity contribution < 1.29 is 4.79 Å². The summed E-state index contributed by atoms with van der Waals surface area (Å²) in [5.74, 6) is 0.200. The van der Waals surface area contributed by atoms with Gasteiger partial charge in [-0.25, -0.2) is 0 Å². The summed E-state index contributed by atoms with van der Waals surface area (Å²) in [4.78, 5) is 13.2. The molecule has 1 saturated carbocycles. The largest absolute Gasteiger partial charge is 0.355 e. The first kappa shape index (κ1) is 19.9. The van der Waals surface area contributed by atoms with Gasteiger partial charge in [-0.3, -0.25) is 4.79 Å². The van der Waals surface area contributed by atoms with Gasteiger partial charge in [-0.05, 0) is 55.4 Å². The number of hydrogen-bond acceptors (Lipinski definition) is 1. The first-order valence-corrected chi connectivity index (χ1v) is 10.7. The van der Waals surface area contributed by atoms with E-state index in [-0.39, 0.29) is 11.3 Å². The molecule has 2 nitrogen and oxygen atoms in total. The van der Waals surface area contributed by atoms with Crippen molar-refractivity contribution in [3.63, 3.8) is 0 Å². The number of aryl methyl sites for hydroxylation is 1. The van der Waals surface area contributed by atoms with Crippen molar-refractivity contribution in [3.05, 3.63) is 70.7 Å². The second kappa shape index (κ2) is 9.94. The molecule has 3 heteroatoms. The molecule has 144 valence electrons. The van der Waals surface area contributed by atoms with Crippen LogP contribution in [-0.4, -0.2) is 12.5 Å². The van der Waals surface area contributed by atoms with Gasteiger partial charge in [-0.15, -0.1) is 0 Å². The Hall–Kier alpha value is -1.80. The first-order valence-electron chi connectivity index (χ1n) is 10.3. The molecule has 0 heterocycles. The maximum atomic E-state index is 13.2. The maximum absolute atomic E-state index is 13.2. The molecule has 1 N–H and O–H groups in total. The van der Waals surface area contributed by atoms with Crippen LogP contribution >= 0.6 is 11.6 Å². The van der Waals surface area contributed by atoms with Gasteiger partial charge in [0, 0.05) is 11.6 Å². The van der Waals surface area contributed by atoms with Gasteiger partial charge in [0.2, 0.25) is 5.91 Å². The number of amides is 1. The molecule has 1 fully saturated rings. The van der Waals surface area contributed by atoms with Crippen LogP contribution in [0.3, 0.4) is 0 Å². The Kier molecular flexibility index (Phi) is 7.34. The number of unbranched alkanes of at least 4 members (excludes halogenated alkanes) is 1. The van der Waals surface area contributed by atoms with Crippen LogP contribution in [0, 0.1) is 0 Å². The van der Waals surface area contributed by atoms with Crippen molar-refractivity contribution in [1.29, 1.82) is 0 Å². The molecule has 2 aromatic rings. The minimum atomic E-state index is -0.388. The van der Waals surface area contributed by atoms with E-state index in [9.17, 15) is 4.79 Å². The Morgan fingerprint density at radius 1 is 0.889 bits per heavy atom. The molecule has 27 heavy (non-hydrogen) atoms. The third-order valence-electron chi connectivity index (χ3n) is 5.81. The van der Waals surface area contributed by atoms with Gasteiger partial charge >= 0.3 is 0 Å². The highest BCUT2D eigenvalue weighted by molar-refractivity contribution is 6.30. The van der Waals surface area contributed by atoms with E-state index in [1.165, 1.54) is 18.4 Å². The van der Waals surface area contributed by atoms with E-state index in [1.807, 2.05) is 30.3 Å². The highest BCUT2D eigenvalue weighted by atomic mass is 35.5. The molecule has 0 atom stereocenters. The van der Waals surface area contributed by atoms with Crippen LogP contribution in [-0.2, 0) is 16.6 Å². The number of nitrogens with one attached hydrogen (secondary N) is 1. The van der Waals surface area contributed by atoms with Crippen molar-refractivity contribution in [1.82, 2.24) is 5.32 Å². The number of benzene rings is 2. The lowest BCUT2D eigenvalue weighted by molar-refractivity contribution is -0.127. The average Bonchev–Trinajstić information content (AvgIpc) is 2.96. The third-order valence-corrected chi connectivity index (χ3v) is 6.06. The Labute approximate surface area is 168 Å². The summed E-state index contributed by atoms with van der Waals surface area (Å²) in [6.45, 7) is 0.751. The van der Waals surface area contributed by atoms with Crippen LogP contribution in [0.25, 0.3) is 0 Å². The summed E-state index contributed by atoms with van der Waals surface area (Å²) < 4.78 is 0. The van der Waals surface area contributed by atoms with Gasteiger partial charge < -0.3 is 5.32 Å². The smallest absolute Gasteiger partial charge is 0.230 e. The van der Waals surface area contributed by atoms with Crippen molar-refractivity contribution >= 4 is 17.5 Å². The SMILES string of the molecule is O=C(NCCCCc1ccccc1)C1(c2ccc(Cl)cc2)CCCCCC1. The van der Waals surface area contributed by atoms with E-state index in [4.69, 9.17) is 11.6 Å². The summed E-state index contributed by atoms with van der Waals surface area (Å²) in [6, 6.07) is 18.5. The summed E-state index contributed by atoms with van der Waals surface area (Å²) >= 11 is 6.08. The third kappa shape index (κ3) is 5.35. The van der Waals surface area contributed by atoms with Gasteiger partial charge in [0.15, 0.2) is 0 Å². The van der Waals surface area contributed by atoms with Gasteiger partial charge in [0.05, 0.1) is 5.41 Å². The molecule has 1 amide bonds. The van der Waals surface area contributed by atoms with Crippen molar-refractivity contribution in [2.45, 2.75) is 63.2 Å². The minimum absolute atomic E-state index is 0.200. The fourth-order valence-electron chi connectivity index (χ4n) is 4.22.